The molecule has 4 aromatic rings. The molecule has 198 valence electrons. The van der Waals surface area contributed by atoms with Gasteiger partial charge in [0.25, 0.3) is 5.91 Å². The summed E-state index contributed by atoms with van der Waals surface area (Å²) in [7, 11) is -3.76. The van der Waals surface area contributed by atoms with Gasteiger partial charge in [0.2, 0.25) is 10.0 Å². The van der Waals surface area contributed by atoms with Crippen LogP contribution in [0.25, 0.3) is 5.69 Å². The number of aromatic nitrogens is 5. The maximum absolute atomic E-state index is 13.1. The Labute approximate surface area is 230 Å². The topological polar surface area (TPSA) is 146 Å². The van der Waals surface area contributed by atoms with Crippen LogP contribution in [0.1, 0.15) is 38.7 Å². The summed E-state index contributed by atoms with van der Waals surface area (Å²) < 4.78 is 24.5. The zero-order chi connectivity index (χ0) is 27.4. The number of primary sulfonamides is 1. The van der Waals surface area contributed by atoms with E-state index >= 15 is 0 Å². The second-order valence-corrected chi connectivity index (χ2v) is 11.6. The van der Waals surface area contributed by atoms with Gasteiger partial charge in [-0.3, -0.25) is 4.79 Å². The van der Waals surface area contributed by atoms with Crippen LogP contribution in [-0.2, 0) is 22.2 Å². The van der Waals surface area contributed by atoms with Gasteiger partial charge in [0.1, 0.15) is 0 Å². The number of nitrogens with zero attached hydrogens (tertiary/aromatic N) is 5. The highest BCUT2D eigenvalue weighted by molar-refractivity contribution is 7.98. The Kier molecular flexibility index (Phi) is 8.46. The van der Waals surface area contributed by atoms with Crippen molar-refractivity contribution in [3.05, 3.63) is 87.5 Å². The lowest BCUT2D eigenvalue weighted by atomic mass is 10.1. The van der Waals surface area contributed by atoms with Crippen LogP contribution in [0, 0.1) is 20.8 Å². The van der Waals surface area contributed by atoms with Gasteiger partial charge in [-0.05, 0) is 68.7 Å². The van der Waals surface area contributed by atoms with Crippen molar-refractivity contribution in [2.75, 3.05) is 6.54 Å². The van der Waals surface area contributed by atoms with Gasteiger partial charge in [0, 0.05) is 28.7 Å². The molecule has 0 fully saturated rings. The van der Waals surface area contributed by atoms with Crippen molar-refractivity contribution in [1.82, 2.24) is 30.3 Å². The van der Waals surface area contributed by atoms with Crippen LogP contribution in [0.2, 0.25) is 5.02 Å². The molecule has 10 nitrogen and oxygen atoms in total. The zero-order valence-electron chi connectivity index (χ0n) is 21.0. The second-order valence-electron chi connectivity index (χ2n) is 8.65. The van der Waals surface area contributed by atoms with Gasteiger partial charge in [-0.1, -0.05) is 46.8 Å². The van der Waals surface area contributed by atoms with Crippen LogP contribution < -0.4 is 10.5 Å². The summed E-state index contributed by atoms with van der Waals surface area (Å²) in [6, 6.07) is 13.6. The lowest BCUT2D eigenvalue weighted by molar-refractivity contribution is 0.0948. The number of nitrogens with two attached hydrogens (primary N) is 1. The van der Waals surface area contributed by atoms with E-state index in [1.54, 1.807) is 22.9 Å². The number of amides is 1. The van der Waals surface area contributed by atoms with E-state index in [0.29, 0.717) is 40.3 Å². The number of carbonyl (C=O) groups is 1. The van der Waals surface area contributed by atoms with Crippen molar-refractivity contribution in [1.29, 1.82) is 0 Å². The predicted octanol–water partition coefficient (Wildman–Crippen LogP) is 3.55. The highest BCUT2D eigenvalue weighted by Gasteiger charge is 2.22. The summed E-state index contributed by atoms with van der Waals surface area (Å²) in [5.74, 6) is -0.0355. The third-order valence-corrected chi connectivity index (χ3v) is 7.82. The van der Waals surface area contributed by atoms with E-state index in [9.17, 15) is 13.2 Å². The number of hydrogen-bond donors (Lipinski definition) is 2. The molecular weight excluding hydrogens is 546 g/mol. The van der Waals surface area contributed by atoms with Crippen LogP contribution in [-0.4, -0.2) is 45.8 Å². The Bertz CT molecular complexity index is 1570. The molecule has 0 unspecified atom stereocenters. The number of aryl methyl sites for hydroxylation is 3. The molecule has 0 radical (unpaired) electrons. The van der Waals surface area contributed by atoms with E-state index in [-0.39, 0.29) is 16.5 Å². The van der Waals surface area contributed by atoms with Crippen molar-refractivity contribution in [3.8, 4) is 5.69 Å². The summed E-state index contributed by atoms with van der Waals surface area (Å²) in [6.07, 6.45) is 0.485. The molecule has 0 aliphatic heterocycles. The number of hydrogen-bond acceptors (Lipinski definition) is 8. The number of thioether (sulfide) groups is 1. The van der Waals surface area contributed by atoms with Crippen molar-refractivity contribution < 1.29 is 13.2 Å². The second kappa shape index (κ2) is 11.6. The lowest BCUT2D eigenvalue weighted by Gasteiger charge is -2.10. The van der Waals surface area contributed by atoms with E-state index in [1.807, 2.05) is 39.0 Å². The standard InChI is InChI=1S/C25H26ClN7O3S2/c1-15-4-7-19(13-21(15)26)33-22(14-37-25-29-16(2)12-17(3)30-25)23(31-32-33)24(34)28-11-10-18-5-8-20(9-6-18)38(27,35)36/h4-9,12-13H,10-11,14H2,1-3H3,(H,28,34)(H2,27,35,36). The number of sulfonamides is 1. The molecule has 3 N–H and O–H groups in total. The molecule has 0 bridgehead atoms. The molecule has 0 aliphatic rings. The summed E-state index contributed by atoms with van der Waals surface area (Å²) >= 11 is 7.73. The van der Waals surface area contributed by atoms with Gasteiger partial charge in [0.05, 0.1) is 16.3 Å². The zero-order valence-corrected chi connectivity index (χ0v) is 23.4. The molecule has 38 heavy (non-hydrogen) atoms. The molecule has 13 heteroatoms. The monoisotopic (exact) mass is 571 g/mol. The van der Waals surface area contributed by atoms with Gasteiger partial charge in [-0.2, -0.15) is 0 Å². The number of rotatable bonds is 9. The molecule has 1 amide bonds. The van der Waals surface area contributed by atoms with Crippen molar-refractivity contribution in [2.24, 2.45) is 5.14 Å². The molecule has 2 aromatic heterocycles. The van der Waals surface area contributed by atoms with Crippen molar-refractivity contribution in [2.45, 2.75) is 43.0 Å². The average molecular weight is 572 g/mol. The van der Waals surface area contributed by atoms with E-state index in [2.05, 4.69) is 25.6 Å². The van der Waals surface area contributed by atoms with Crippen molar-refractivity contribution >= 4 is 39.3 Å². The predicted molar refractivity (Wildman–Crippen MR) is 146 cm³/mol. The fraction of sp³-hybridized carbons (Fsp3) is 0.240. The van der Waals surface area contributed by atoms with E-state index in [1.165, 1.54) is 23.9 Å². The van der Waals surface area contributed by atoms with Gasteiger partial charge < -0.3 is 5.32 Å². The minimum atomic E-state index is -3.76. The van der Waals surface area contributed by atoms with E-state index in [0.717, 1.165) is 22.5 Å². The maximum Gasteiger partial charge on any atom is 0.273 e. The van der Waals surface area contributed by atoms with Gasteiger partial charge in [0.15, 0.2) is 10.9 Å². The minimum Gasteiger partial charge on any atom is -0.350 e. The van der Waals surface area contributed by atoms with Crippen LogP contribution in [0.15, 0.2) is 58.6 Å². The Morgan fingerprint density at radius 2 is 1.74 bits per heavy atom. The van der Waals surface area contributed by atoms with Crippen LogP contribution in [0.3, 0.4) is 0 Å². The molecule has 4 rings (SSSR count). The normalized spacial score (nSPS) is 11.5. The number of benzene rings is 2. The number of nitrogens with one attached hydrogen (secondary N) is 1. The van der Waals surface area contributed by atoms with Gasteiger partial charge >= 0.3 is 0 Å². The van der Waals surface area contributed by atoms with E-state index in [4.69, 9.17) is 16.7 Å². The third-order valence-electron chi connectivity index (χ3n) is 5.63. The first kappa shape index (κ1) is 27.7. The molecule has 0 atom stereocenters. The largest absolute Gasteiger partial charge is 0.350 e. The molecule has 2 heterocycles. The Morgan fingerprint density at radius 1 is 1.05 bits per heavy atom. The Balaban J connectivity index is 1.54. The van der Waals surface area contributed by atoms with Crippen molar-refractivity contribution in [3.63, 3.8) is 0 Å². The third kappa shape index (κ3) is 6.76. The summed E-state index contributed by atoms with van der Waals surface area (Å²) in [6.45, 7) is 6.02. The average Bonchev–Trinajstić information content (AvgIpc) is 3.27. The first-order valence-electron chi connectivity index (χ1n) is 11.6. The highest BCUT2D eigenvalue weighted by atomic mass is 35.5. The van der Waals surface area contributed by atoms with Gasteiger partial charge in [-0.15, -0.1) is 5.10 Å². The van der Waals surface area contributed by atoms with Gasteiger partial charge in [-0.25, -0.2) is 28.2 Å². The molecule has 0 spiro atoms. The van der Waals surface area contributed by atoms with Crippen LogP contribution >= 0.6 is 23.4 Å². The van der Waals surface area contributed by atoms with Crippen LogP contribution in [0.4, 0.5) is 0 Å². The number of halogens is 1. The maximum atomic E-state index is 13.1. The molecule has 0 aliphatic carbocycles. The molecule has 0 saturated carbocycles. The smallest absolute Gasteiger partial charge is 0.273 e. The fourth-order valence-corrected chi connectivity index (χ4v) is 5.30. The SMILES string of the molecule is Cc1cc(C)nc(SCc2c(C(=O)NCCc3ccc(S(N)(=O)=O)cc3)nnn2-c2ccc(C)c(Cl)c2)n1. The molecular formula is C25H26ClN7O3S2. The Morgan fingerprint density at radius 3 is 2.37 bits per heavy atom. The number of carbonyl (C=O) groups excluding carboxylic acids is 1. The van der Waals surface area contributed by atoms with E-state index < -0.39 is 10.0 Å². The fourth-order valence-electron chi connectivity index (χ4n) is 3.67. The highest BCUT2D eigenvalue weighted by Crippen LogP contribution is 2.26. The summed E-state index contributed by atoms with van der Waals surface area (Å²) in [5.41, 5.74) is 4.91. The first-order valence-corrected chi connectivity index (χ1v) is 14.5. The van der Waals surface area contributed by atoms with Crippen LogP contribution in [0.5, 0.6) is 0 Å². The first-order chi connectivity index (χ1) is 18.0. The Hall–Kier alpha value is -3.32. The quantitative estimate of drug-likeness (QED) is 0.229. The summed E-state index contributed by atoms with van der Waals surface area (Å²) in [4.78, 5) is 22.1. The minimum absolute atomic E-state index is 0.0352. The lowest BCUT2D eigenvalue weighted by Crippen LogP contribution is -2.27. The summed E-state index contributed by atoms with van der Waals surface area (Å²) in [5, 5.41) is 17.6. The molecule has 0 saturated heterocycles. The molecule has 2 aromatic carbocycles.